The van der Waals surface area contributed by atoms with E-state index in [-0.39, 0.29) is 5.91 Å². The van der Waals surface area contributed by atoms with Gasteiger partial charge in [-0.05, 0) is 42.7 Å². The molecule has 5 heteroatoms. The third kappa shape index (κ3) is 2.61. The fraction of sp³-hybridized carbons (Fsp3) is 0.267. The minimum Gasteiger partial charge on any atom is -0.397 e. The van der Waals surface area contributed by atoms with Gasteiger partial charge in [0.05, 0.1) is 5.69 Å². The van der Waals surface area contributed by atoms with E-state index in [2.05, 4.69) is 9.97 Å². The van der Waals surface area contributed by atoms with Gasteiger partial charge in [-0.2, -0.15) is 0 Å². The van der Waals surface area contributed by atoms with E-state index in [9.17, 15) is 4.79 Å². The van der Waals surface area contributed by atoms with Gasteiger partial charge in [0.15, 0.2) is 5.69 Å². The Bertz CT molecular complexity index is 610. The minimum absolute atomic E-state index is 0.0950. The summed E-state index contributed by atoms with van der Waals surface area (Å²) in [6.45, 7) is 0.571. The highest BCUT2D eigenvalue weighted by Crippen LogP contribution is 2.30. The summed E-state index contributed by atoms with van der Waals surface area (Å²) in [7, 11) is 0. The van der Waals surface area contributed by atoms with E-state index < -0.39 is 0 Å². The SMILES string of the molecule is Nc1cccnc1C(=O)N(Cc1ccncc1)C1CC1. The molecule has 1 aliphatic rings. The fourth-order valence-electron chi connectivity index (χ4n) is 2.17. The number of nitrogen functional groups attached to an aromatic ring is 1. The molecule has 2 N–H and O–H groups in total. The number of hydrogen-bond acceptors (Lipinski definition) is 4. The van der Waals surface area contributed by atoms with Crippen LogP contribution in [0.3, 0.4) is 0 Å². The second-order valence-corrected chi connectivity index (χ2v) is 4.96. The van der Waals surface area contributed by atoms with Gasteiger partial charge in [-0.1, -0.05) is 0 Å². The summed E-state index contributed by atoms with van der Waals surface area (Å²) < 4.78 is 0. The minimum atomic E-state index is -0.0950. The zero-order valence-electron chi connectivity index (χ0n) is 11.1. The molecule has 5 nitrogen and oxygen atoms in total. The molecule has 20 heavy (non-hydrogen) atoms. The Balaban J connectivity index is 1.84. The van der Waals surface area contributed by atoms with E-state index in [0.29, 0.717) is 24.0 Å². The molecule has 2 heterocycles. The molecule has 0 unspecified atom stereocenters. The summed E-state index contributed by atoms with van der Waals surface area (Å²) in [6.07, 6.45) is 7.16. The summed E-state index contributed by atoms with van der Waals surface area (Å²) in [5, 5.41) is 0. The van der Waals surface area contributed by atoms with E-state index in [0.717, 1.165) is 18.4 Å². The average molecular weight is 268 g/mol. The Morgan fingerprint density at radius 2 is 2.00 bits per heavy atom. The van der Waals surface area contributed by atoms with Gasteiger partial charge < -0.3 is 10.6 Å². The van der Waals surface area contributed by atoms with Crippen LogP contribution in [0.25, 0.3) is 0 Å². The van der Waals surface area contributed by atoms with Crippen molar-refractivity contribution in [3.63, 3.8) is 0 Å². The largest absolute Gasteiger partial charge is 0.397 e. The van der Waals surface area contributed by atoms with E-state index in [1.165, 1.54) is 0 Å². The van der Waals surface area contributed by atoms with Gasteiger partial charge in [0.1, 0.15) is 0 Å². The molecule has 0 aliphatic heterocycles. The summed E-state index contributed by atoms with van der Waals surface area (Å²) in [6, 6.07) is 7.58. The lowest BCUT2D eigenvalue weighted by Gasteiger charge is -2.22. The van der Waals surface area contributed by atoms with E-state index in [4.69, 9.17) is 5.73 Å². The zero-order valence-corrected chi connectivity index (χ0v) is 11.1. The number of anilines is 1. The lowest BCUT2D eigenvalue weighted by Crippen LogP contribution is -2.33. The van der Waals surface area contributed by atoms with Crippen molar-refractivity contribution < 1.29 is 4.79 Å². The van der Waals surface area contributed by atoms with Crippen molar-refractivity contribution >= 4 is 11.6 Å². The van der Waals surface area contributed by atoms with E-state index in [1.807, 2.05) is 17.0 Å². The summed E-state index contributed by atoms with van der Waals surface area (Å²) in [5.74, 6) is -0.0950. The first-order chi connectivity index (χ1) is 9.75. The monoisotopic (exact) mass is 268 g/mol. The molecule has 2 aromatic rings. The normalized spacial score (nSPS) is 14.0. The predicted molar refractivity (Wildman–Crippen MR) is 75.8 cm³/mol. The molecule has 1 amide bonds. The predicted octanol–water partition coefficient (Wildman–Crippen LogP) is 1.86. The van der Waals surface area contributed by atoms with Gasteiger partial charge >= 0.3 is 0 Å². The van der Waals surface area contributed by atoms with Crippen LogP contribution in [0.4, 0.5) is 5.69 Å². The highest BCUT2D eigenvalue weighted by molar-refractivity contribution is 5.97. The van der Waals surface area contributed by atoms with Crippen LogP contribution in [0.1, 0.15) is 28.9 Å². The van der Waals surface area contributed by atoms with Crippen molar-refractivity contribution in [2.75, 3.05) is 5.73 Å². The Kier molecular flexibility index (Phi) is 3.33. The molecule has 1 aliphatic carbocycles. The highest BCUT2D eigenvalue weighted by atomic mass is 16.2. The first-order valence-corrected chi connectivity index (χ1v) is 6.66. The van der Waals surface area contributed by atoms with Crippen LogP contribution in [0.2, 0.25) is 0 Å². The molecule has 0 radical (unpaired) electrons. The number of carbonyl (C=O) groups excluding carboxylic acids is 1. The number of hydrogen-bond donors (Lipinski definition) is 1. The fourth-order valence-corrected chi connectivity index (χ4v) is 2.17. The van der Waals surface area contributed by atoms with Crippen LogP contribution in [0.5, 0.6) is 0 Å². The molecule has 1 saturated carbocycles. The average Bonchev–Trinajstić information content (AvgIpc) is 3.30. The second-order valence-electron chi connectivity index (χ2n) is 4.96. The molecule has 0 saturated heterocycles. The summed E-state index contributed by atoms with van der Waals surface area (Å²) >= 11 is 0. The lowest BCUT2D eigenvalue weighted by molar-refractivity contribution is 0.0725. The molecule has 0 aromatic carbocycles. The molecular formula is C15H16N4O. The molecule has 0 bridgehead atoms. The highest BCUT2D eigenvalue weighted by Gasteiger charge is 2.34. The molecular weight excluding hydrogens is 252 g/mol. The topological polar surface area (TPSA) is 72.1 Å². The van der Waals surface area contributed by atoms with E-state index in [1.54, 1.807) is 30.7 Å². The second kappa shape index (κ2) is 5.28. The van der Waals surface area contributed by atoms with Crippen LogP contribution in [0.15, 0.2) is 42.9 Å². The van der Waals surface area contributed by atoms with Crippen LogP contribution >= 0.6 is 0 Å². The van der Waals surface area contributed by atoms with Crippen LogP contribution in [-0.4, -0.2) is 26.8 Å². The first kappa shape index (κ1) is 12.6. The maximum absolute atomic E-state index is 12.6. The molecule has 0 atom stereocenters. The van der Waals surface area contributed by atoms with Gasteiger partial charge in [-0.15, -0.1) is 0 Å². The zero-order chi connectivity index (χ0) is 13.9. The quantitative estimate of drug-likeness (QED) is 0.918. The molecule has 3 rings (SSSR count). The standard InChI is InChI=1S/C15H16N4O/c16-13-2-1-7-18-14(13)15(20)19(12-3-4-12)10-11-5-8-17-9-6-11/h1-2,5-9,12H,3-4,10,16H2. The number of nitrogens with zero attached hydrogens (tertiary/aromatic N) is 3. The van der Waals surface area contributed by atoms with Crippen LogP contribution in [-0.2, 0) is 6.54 Å². The number of rotatable bonds is 4. The molecule has 1 fully saturated rings. The molecule has 0 spiro atoms. The Labute approximate surface area is 117 Å². The van der Waals surface area contributed by atoms with Crippen molar-refractivity contribution in [1.29, 1.82) is 0 Å². The maximum Gasteiger partial charge on any atom is 0.275 e. The number of carbonyl (C=O) groups is 1. The lowest BCUT2D eigenvalue weighted by atomic mass is 10.2. The van der Waals surface area contributed by atoms with Crippen molar-refractivity contribution in [2.24, 2.45) is 0 Å². The number of pyridine rings is 2. The van der Waals surface area contributed by atoms with Crippen LogP contribution < -0.4 is 5.73 Å². The Morgan fingerprint density at radius 1 is 1.25 bits per heavy atom. The Morgan fingerprint density at radius 3 is 2.65 bits per heavy atom. The van der Waals surface area contributed by atoms with Gasteiger partial charge in [-0.25, -0.2) is 4.98 Å². The smallest absolute Gasteiger partial charge is 0.275 e. The number of nitrogens with two attached hydrogens (primary N) is 1. The van der Waals surface area contributed by atoms with Crippen molar-refractivity contribution in [3.8, 4) is 0 Å². The maximum atomic E-state index is 12.6. The van der Waals surface area contributed by atoms with Crippen molar-refractivity contribution in [2.45, 2.75) is 25.4 Å². The Hall–Kier alpha value is -2.43. The van der Waals surface area contributed by atoms with Gasteiger partial charge in [0.2, 0.25) is 0 Å². The van der Waals surface area contributed by atoms with Gasteiger partial charge in [0, 0.05) is 31.2 Å². The van der Waals surface area contributed by atoms with Crippen LogP contribution in [0, 0.1) is 0 Å². The van der Waals surface area contributed by atoms with Crippen molar-refractivity contribution in [3.05, 3.63) is 54.1 Å². The third-order valence-electron chi connectivity index (χ3n) is 3.39. The number of aromatic nitrogens is 2. The summed E-state index contributed by atoms with van der Waals surface area (Å²) in [5.41, 5.74) is 7.69. The van der Waals surface area contributed by atoms with Crippen molar-refractivity contribution in [1.82, 2.24) is 14.9 Å². The summed E-state index contributed by atoms with van der Waals surface area (Å²) in [4.78, 5) is 22.6. The third-order valence-corrected chi connectivity index (χ3v) is 3.39. The van der Waals surface area contributed by atoms with Gasteiger partial charge in [0.25, 0.3) is 5.91 Å². The number of amides is 1. The molecule has 2 aromatic heterocycles. The van der Waals surface area contributed by atoms with E-state index >= 15 is 0 Å². The molecule has 102 valence electrons. The first-order valence-electron chi connectivity index (χ1n) is 6.66. The van der Waals surface area contributed by atoms with Gasteiger partial charge in [-0.3, -0.25) is 9.78 Å².